The lowest BCUT2D eigenvalue weighted by molar-refractivity contribution is 0.0935. The molecule has 80 valence electrons. The van der Waals surface area contributed by atoms with E-state index >= 15 is 0 Å². The first kappa shape index (κ1) is 11.5. The molecule has 0 aromatic carbocycles. The molecule has 0 spiro atoms. The van der Waals surface area contributed by atoms with Gasteiger partial charge in [-0.3, -0.25) is 4.79 Å². The van der Waals surface area contributed by atoms with E-state index in [1.165, 1.54) is 6.26 Å². The average molecular weight is 205 g/mol. The predicted molar refractivity (Wildman–Crippen MR) is 56.3 cm³/mol. The van der Waals surface area contributed by atoms with Crippen LogP contribution in [0, 0.1) is 30.1 Å². The predicted octanol–water partition coefficient (Wildman–Crippen LogP) is 2.96. The molecule has 0 amide bonds. The third kappa shape index (κ3) is 2.69. The quantitative estimate of drug-likeness (QED) is 0.710. The highest BCUT2D eigenvalue weighted by Gasteiger charge is 2.23. The average Bonchev–Trinajstić information content (AvgIpc) is 2.59. The number of nitriles is 1. The molecule has 3 nitrogen and oxygen atoms in total. The van der Waals surface area contributed by atoms with Crippen LogP contribution in [0.3, 0.4) is 0 Å². The maximum Gasteiger partial charge on any atom is 0.183 e. The molecule has 0 saturated carbocycles. The highest BCUT2D eigenvalue weighted by Crippen LogP contribution is 2.19. The Bertz CT molecular complexity index is 385. The lowest BCUT2D eigenvalue weighted by Gasteiger charge is -2.09. The maximum atomic E-state index is 11.9. The first-order valence-corrected chi connectivity index (χ1v) is 5.04. The van der Waals surface area contributed by atoms with E-state index in [-0.39, 0.29) is 5.78 Å². The molecule has 0 saturated heterocycles. The largest absolute Gasteiger partial charge is 0.469 e. The standard InChI is InChI=1S/C12H15NO2/c1-8(2)6-10(7-13)12(14)11-4-5-15-9(11)3/h4-5,8,10H,6H2,1-3H3. The van der Waals surface area contributed by atoms with Crippen LogP contribution in [0.15, 0.2) is 16.7 Å². The molecule has 0 bridgehead atoms. The summed E-state index contributed by atoms with van der Waals surface area (Å²) in [6, 6.07) is 3.68. The van der Waals surface area contributed by atoms with Crippen LogP contribution in [0.2, 0.25) is 0 Å². The van der Waals surface area contributed by atoms with Crippen molar-refractivity contribution in [3.63, 3.8) is 0 Å². The van der Waals surface area contributed by atoms with Gasteiger partial charge in [0.2, 0.25) is 0 Å². The van der Waals surface area contributed by atoms with Gasteiger partial charge in [-0.05, 0) is 25.3 Å². The molecule has 1 rings (SSSR count). The monoisotopic (exact) mass is 205 g/mol. The molecule has 1 aromatic rings. The van der Waals surface area contributed by atoms with Gasteiger partial charge >= 0.3 is 0 Å². The van der Waals surface area contributed by atoms with Crippen molar-refractivity contribution in [2.75, 3.05) is 0 Å². The van der Waals surface area contributed by atoms with Gasteiger partial charge in [0.15, 0.2) is 5.78 Å². The van der Waals surface area contributed by atoms with E-state index in [2.05, 4.69) is 6.07 Å². The topological polar surface area (TPSA) is 54.0 Å². The van der Waals surface area contributed by atoms with Gasteiger partial charge in [-0.15, -0.1) is 0 Å². The van der Waals surface area contributed by atoms with Gasteiger partial charge < -0.3 is 4.42 Å². The van der Waals surface area contributed by atoms with Crippen molar-refractivity contribution in [3.8, 4) is 6.07 Å². The Morgan fingerprint density at radius 2 is 2.27 bits per heavy atom. The van der Waals surface area contributed by atoms with Crippen molar-refractivity contribution < 1.29 is 9.21 Å². The summed E-state index contributed by atoms with van der Waals surface area (Å²) in [4.78, 5) is 11.9. The van der Waals surface area contributed by atoms with Crippen LogP contribution < -0.4 is 0 Å². The number of rotatable bonds is 4. The SMILES string of the molecule is Cc1occc1C(=O)C(C#N)CC(C)C. The second kappa shape index (κ2) is 4.79. The van der Waals surface area contributed by atoms with Crippen molar-refractivity contribution in [2.45, 2.75) is 27.2 Å². The third-order valence-corrected chi connectivity index (χ3v) is 2.30. The van der Waals surface area contributed by atoms with Gasteiger partial charge in [0, 0.05) is 0 Å². The molecular formula is C12H15NO2. The fraction of sp³-hybridized carbons (Fsp3) is 0.500. The summed E-state index contributed by atoms with van der Waals surface area (Å²) in [5.74, 6) is 0.244. The molecule has 0 fully saturated rings. The van der Waals surface area contributed by atoms with Crippen LogP contribution in [0.5, 0.6) is 0 Å². The Hall–Kier alpha value is -1.56. The van der Waals surface area contributed by atoms with Crippen LogP contribution in [-0.2, 0) is 0 Å². The van der Waals surface area contributed by atoms with E-state index in [0.717, 1.165) is 0 Å². The normalized spacial score (nSPS) is 12.5. The van der Waals surface area contributed by atoms with Crippen LogP contribution in [-0.4, -0.2) is 5.78 Å². The Labute approximate surface area is 89.7 Å². The smallest absolute Gasteiger partial charge is 0.183 e. The van der Waals surface area contributed by atoms with Crippen LogP contribution >= 0.6 is 0 Å². The Balaban J connectivity index is 2.84. The fourth-order valence-electron chi connectivity index (χ4n) is 1.52. The summed E-state index contributed by atoms with van der Waals surface area (Å²) in [6.45, 7) is 5.73. The summed E-state index contributed by atoms with van der Waals surface area (Å²) in [6.07, 6.45) is 2.08. The maximum absolute atomic E-state index is 11.9. The molecule has 0 radical (unpaired) electrons. The van der Waals surface area contributed by atoms with Gasteiger partial charge in [-0.1, -0.05) is 13.8 Å². The summed E-state index contributed by atoms with van der Waals surface area (Å²) in [7, 11) is 0. The van der Waals surface area contributed by atoms with Gasteiger partial charge in [0.1, 0.15) is 11.7 Å². The van der Waals surface area contributed by atoms with Gasteiger partial charge in [-0.2, -0.15) is 5.26 Å². The van der Waals surface area contributed by atoms with Crippen molar-refractivity contribution in [2.24, 2.45) is 11.8 Å². The second-order valence-corrected chi connectivity index (χ2v) is 4.07. The molecule has 1 aromatic heterocycles. The van der Waals surface area contributed by atoms with Crippen molar-refractivity contribution in [3.05, 3.63) is 23.7 Å². The number of furan rings is 1. The van der Waals surface area contributed by atoms with Crippen LogP contribution in [0.4, 0.5) is 0 Å². The van der Waals surface area contributed by atoms with Gasteiger partial charge in [-0.25, -0.2) is 0 Å². The summed E-state index contributed by atoms with van der Waals surface area (Å²) < 4.78 is 5.06. The zero-order chi connectivity index (χ0) is 11.4. The Morgan fingerprint density at radius 3 is 2.67 bits per heavy atom. The van der Waals surface area contributed by atoms with Crippen LogP contribution in [0.25, 0.3) is 0 Å². The van der Waals surface area contributed by atoms with Gasteiger partial charge in [0.25, 0.3) is 0 Å². The molecule has 1 heterocycles. The summed E-state index contributed by atoms with van der Waals surface area (Å²) >= 11 is 0. The minimum absolute atomic E-state index is 0.127. The highest BCUT2D eigenvalue weighted by molar-refractivity contribution is 6.00. The molecule has 0 aliphatic carbocycles. The molecule has 0 aliphatic heterocycles. The molecule has 0 aliphatic rings. The molecular weight excluding hydrogens is 190 g/mol. The first-order valence-electron chi connectivity index (χ1n) is 5.04. The van der Waals surface area contributed by atoms with Crippen molar-refractivity contribution in [1.29, 1.82) is 5.26 Å². The molecule has 0 N–H and O–H groups in total. The first-order chi connectivity index (χ1) is 7.06. The zero-order valence-electron chi connectivity index (χ0n) is 9.28. The van der Waals surface area contributed by atoms with E-state index in [0.29, 0.717) is 23.7 Å². The number of aryl methyl sites for hydroxylation is 1. The van der Waals surface area contributed by atoms with E-state index in [9.17, 15) is 4.79 Å². The van der Waals surface area contributed by atoms with E-state index in [4.69, 9.17) is 9.68 Å². The Morgan fingerprint density at radius 1 is 1.60 bits per heavy atom. The summed E-state index contributed by atoms with van der Waals surface area (Å²) in [5, 5.41) is 8.93. The summed E-state index contributed by atoms with van der Waals surface area (Å²) in [5.41, 5.74) is 0.530. The third-order valence-electron chi connectivity index (χ3n) is 2.30. The highest BCUT2D eigenvalue weighted by atomic mass is 16.3. The molecule has 15 heavy (non-hydrogen) atoms. The molecule has 1 unspecified atom stereocenters. The van der Waals surface area contributed by atoms with Crippen molar-refractivity contribution in [1.82, 2.24) is 0 Å². The number of Topliss-reactive ketones (excluding diaryl/α,β-unsaturated/α-hetero) is 1. The molecule has 3 heteroatoms. The second-order valence-electron chi connectivity index (χ2n) is 4.07. The number of hydrogen-bond donors (Lipinski definition) is 0. The van der Waals surface area contributed by atoms with Gasteiger partial charge in [0.05, 0.1) is 17.9 Å². The number of hydrogen-bond acceptors (Lipinski definition) is 3. The Kier molecular flexibility index (Phi) is 3.68. The minimum atomic E-state index is -0.554. The lowest BCUT2D eigenvalue weighted by atomic mass is 9.91. The van der Waals surface area contributed by atoms with E-state index in [1.807, 2.05) is 13.8 Å². The van der Waals surface area contributed by atoms with Crippen molar-refractivity contribution >= 4 is 5.78 Å². The van der Waals surface area contributed by atoms with Crippen LogP contribution in [0.1, 0.15) is 36.4 Å². The van der Waals surface area contributed by atoms with E-state index in [1.54, 1.807) is 13.0 Å². The number of carbonyl (C=O) groups is 1. The fourth-order valence-corrected chi connectivity index (χ4v) is 1.52. The molecule has 1 atom stereocenters. The van der Waals surface area contributed by atoms with E-state index < -0.39 is 5.92 Å². The number of nitrogens with zero attached hydrogens (tertiary/aromatic N) is 1. The minimum Gasteiger partial charge on any atom is -0.469 e. The number of carbonyl (C=O) groups excluding carboxylic acids is 1. The zero-order valence-corrected chi connectivity index (χ0v) is 9.28. The lowest BCUT2D eigenvalue weighted by Crippen LogP contribution is -2.15. The number of ketones is 1.